The first-order valence-corrected chi connectivity index (χ1v) is 29.2. The molecule has 0 aliphatic heterocycles. The minimum absolute atomic E-state index is 0.0625. The second-order valence-corrected chi connectivity index (χ2v) is 21.2. The summed E-state index contributed by atoms with van der Waals surface area (Å²) in [6.45, 7) is 11.4. The third kappa shape index (κ3) is 53.2. The van der Waals surface area contributed by atoms with E-state index in [1.807, 2.05) is 0 Å². The number of carbonyl (C=O) groups is 3. The first-order valence-electron chi connectivity index (χ1n) is 29.2. The maximum Gasteiger partial charge on any atom is 0.306 e. The molecule has 0 unspecified atom stereocenters. The molecule has 0 aromatic rings. The SMILES string of the molecule is CCCCCCCCCCCCCCCC(=O)OC[C@H](COC(=O)CCCCCCCCCCCCCCCCCC(C)C)OC(=O)CCCCCCCCCCCCCCCC(C)C. The Hall–Kier alpha value is -1.59. The summed E-state index contributed by atoms with van der Waals surface area (Å²) >= 11 is 0. The van der Waals surface area contributed by atoms with E-state index in [4.69, 9.17) is 14.2 Å². The number of carbonyl (C=O) groups excluding carboxylic acids is 3. The van der Waals surface area contributed by atoms with E-state index in [0.29, 0.717) is 19.3 Å². The first kappa shape index (κ1) is 63.4. The highest BCUT2D eigenvalue weighted by atomic mass is 16.6. The zero-order chi connectivity index (χ0) is 47.5. The van der Waals surface area contributed by atoms with Crippen molar-refractivity contribution in [1.29, 1.82) is 0 Å². The van der Waals surface area contributed by atoms with Crippen molar-refractivity contribution in [2.75, 3.05) is 13.2 Å². The lowest BCUT2D eigenvalue weighted by Crippen LogP contribution is -2.30. The van der Waals surface area contributed by atoms with Crippen molar-refractivity contribution < 1.29 is 28.6 Å². The second-order valence-electron chi connectivity index (χ2n) is 21.2. The summed E-state index contributed by atoms with van der Waals surface area (Å²) in [5.41, 5.74) is 0. The van der Waals surface area contributed by atoms with E-state index in [0.717, 1.165) is 69.6 Å². The third-order valence-corrected chi connectivity index (χ3v) is 13.5. The van der Waals surface area contributed by atoms with Crippen LogP contribution in [0.5, 0.6) is 0 Å². The number of hydrogen-bond acceptors (Lipinski definition) is 6. The van der Waals surface area contributed by atoms with Crippen LogP contribution < -0.4 is 0 Å². The zero-order valence-electron chi connectivity index (χ0n) is 44.6. The van der Waals surface area contributed by atoms with Crippen molar-refractivity contribution in [2.45, 2.75) is 336 Å². The fourth-order valence-corrected chi connectivity index (χ4v) is 9.05. The quantitative estimate of drug-likeness (QED) is 0.0344. The van der Waals surface area contributed by atoms with E-state index in [2.05, 4.69) is 34.6 Å². The van der Waals surface area contributed by atoms with Crippen LogP contribution in [0.2, 0.25) is 0 Å². The topological polar surface area (TPSA) is 78.9 Å². The highest BCUT2D eigenvalue weighted by Crippen LogP contribution is 2.18. The van der Waals surface area contributed by atoms with E-state index in [-0.39, 0.29) is 31.1 Å². The van der Waals surface area contributed by atoms with Crippen LogP contribution in [0.1, 0.15) is 330 Å². The number of hydrogen-bond donors (Lipinski definition) is 0. The van der Waals surface area contributed by atoms with Gasteiger partial charge in [0, 0.05) is 19.3 Å². The van der Waals surface area contributed by atoms with Gasteiger partial charge >= 0.3 is 17.9 Å². The molecule has 0 amide bonds. The van der Waals surface area contributed by atoms with E-state index >= 15 is 0 Å². The number of unbranched alkanes of at least 4 members (excludes halogenated alkanes) is 38. The molecule has 0 fully saturated rings. The summed E-state index contributed by atoms with van der Waals surface area (Å²) in [6.07, 6.45) is 55.2. The van der Waals surface area contributed by atoms with E-state index < -0.39 is 6.10 Å². The van der Waals surface area contributed by atoms with Crippen LogP contribution in [0.15, 0.2) is 0 Å². The molecule has 6 nitrogen and oxygen atoms in total. The number of esters is 3. The normalized spacial score (nSPS) is 12.0. The molecule has 0 aliphatic carbocycles. The molecular formula is C59H114O6. The van der Waals surface area contributed by atoms with Crippen LogP contribution in [0.4, 0.5) is 0 Å². The maximum absolute atomic E-state index is 12.9. The summed E-state index contributed by atoms with van der Waals surface area (Å²) in [5.74, 6) is 0.850. The predicted octanol–water partition coefficient (Wildman–Crippen LogP) is 19.3. The highest BCUT2D eigenvalue weighted by molar-refractivity contribution is 5.71. The average Bonchev–Trinajstić information content (AvgIpc) is 3.28. The second kappa shape index (κ2) is 51.8. The Balaban J connectivity index is 4.28. The molecule has 0 aromatic heterocycles. The first-order chi connectivity index (χ1) is 31.7. The van der Waals surface area contributed by atoms with Crippen molar-refractivity contribution in [3.63, 3.8) is 0 Å². The van der Waals surface area contributed by atoms with Gasteiger partial charge in [-0.25, -0.2) is 0 Å². The van der Waals surface area contributed by atoms with Crippen molar-refractivity contribution in [1.82, 2.24) is 0 Å². The van der Waals surface area contributed by atoms with Gasteiger partial charge in [-0.1, -0.05) is 291 Å². The zero-order valence-corrected chi connectivity index (χ0v) is 44.6. The number of ether oxygens (including phenoxy) is 3. The Morgan fingerprint density at radius 3 is 0.754 bits per heavy atom. The molecule has 386 valence electrons. The molecule has 0 heterocycles. The molecule has 0 rings (SSSR count). The van der Waals surface area contributed by atoms with Gasteiger partial charge in [0.2, 0.25) is 0 Å². The van der Waals surface area contributed by atoms with Gasteiger partial charge in [0.05, 0.1) is 0 Å². The largest absolute Gasteiger partial charge is 0.462 e. The van der Waals surface area contributed by atoms with Gasteiger partial charge in [0.1, 0.15) is 13.2 Å². The Bertz CT molecular complexity index is 993. The Labute approximate surface area is 406 Å². The van der Waals surface area contributed by atoms with Crippen molar-refractivity contribution in [3.05, 3.63) is 0 Å². The van der Waals surface area contributed by atoms with Crippen molar-refractivity contribution >= 4 is 17.9 Å². The molecule has 0 bridgehead atoms. The lowest BCUT2D eigenvalue weighted by molar-refractivity contribution is -0.167. The fourth-order valence-electron chi connectivity index (χ4n) is 9.05. The van der Waals surface area contributed by atoms with Gasteiger partial charge in [0.25, 0.3) is 0 Å². The molecule has 0 saturated carbocycles. The van der Waals surface area contributed by atoms with Crippen LogP contribution in [-0.2, 0) is 28.6 Å². The molecule has 0 aliphatic rings. The van der Waals surface area contributed by atoms with Crippen LogP contribution in [0, 0.1) is 11.8 Å². The summed E-state index contributed by atoms with van der Waals surface area (Å²) in [6, 6.07) is 0. The maximum atomic E-state index is 12.9. The summed E-state index contributed by atoms with van der Waals surface area (Å²) in [5, 5.41) is 0. The lowest BCUT2D eigenvalue weighted by Gasteiger charge is -2.18. The highest BCUT2D eigenvalue weighted by Gasteiger charge is 2.19. The number of rotatable bonds is 53. The smallest absolute Gasteiger partial charge is 0.306 e. The molecule has 1 atom stereocenters. The van der Waals surface area contributed by atoms with Gasteiger partial charge in [-0.15, -0.1) is 0 Å². The Morgan fingerprint density at radius 1 is 0.292 bits per heavy atom. The minimum atomic E-state index is -0.762. The van der Waals surface area contributed by atoms with Crippen LogP contribution in [0.25, 0.3) is 0 Å². The van der Waals surface area contributed by atoms with Gasteiger partial charge in [-0.05, 0) is 31.1 Å². The Kier molecular flexibility index (Phi) is 50.5. The van der Waals surface area contributed by atoms with Crippen molar-refractivity contribution in [3.8, 4) is 0 Å². The average molecular weight is 920 g/mol. The van der Waals surface area contributed by atoms with Gasteiger partial charge in [0.15, 0.2) is 6.10 Å². The van der Waals surface area contributed by atoms with E-state index in [1.54, 1.807) is 0 Å². The third-order valence-electron chi connectivity index (χ3n) is 13.5. The molecule has 0 radical (unpaired) electrons. The monoisotopic (exact) mass is 919 g/mol. The van der Waals surface area contributed by atoms with E-state index in [9.17, 15) is 14.4 Å². The molecular weight excluding hydrogens is 805 g/mol. The van der Waals surface area contributed by atoms with Gasteiger partial charge < -0.3 is 14.2 Å². The predicted molar refractivity (Wildman–Crippen MR) is 280 cm³/mol. The van der Waals surface area contributed by atoms with Gasteiger partial charge in [-0.2, -0.15) is 0 Å². The molecule has 0 saturated heterocycles. The molecule has 0 spiro atoms. The summed E-state index contributed by atoms with van der Waals surface area (Å²) in [4.78, 5) is 38.1. The molecule has 6 heteroatoms. The van der Waals surface area contributed by atoms with Gasteiger partial charge in [-0.3, -0.25) is 14.4 Å². The minimum Gasteiger partial charge on any atom is -0.462 e. The Morgan fingerprint density at radius 2 is 0.508 bits per heavy atom. The fraction of sp³-hybridized carbons (Fsp3) is 0.949. The van der Waals surface area contributed by atoms with Crippen LogP contribution >= 0.6 is 0 Å². The van der Waals surface area contributed by atoms with Crippen LogP contribution in [0.3, 0.4) is 0 Å². The summed E-state index contributed by atoms with van der Waals surface area (Å²) in [7, 11) is 0. The summed E-state index contributed by atoms with van der Waals surface area (Å²) < 4.78 is 16.9. The molecule has 65 heavy (non-hydrogen) atoms. The van der Waals surface area contributed by atoms with E-state index in [1.165, 1.54) is 218 Å². The standard InChI is InChI=1S/C59H114O6/c1-6-7-8-9-10-11-12-17-24-29-34-39-44-49-57(60)63-52-56(65-59(62)51-46-41-36-31-26-21-16-19-23-28-33-38-43-48-55(4)5)53-64-58(61)50-45-40-35-30-25-20-15-13-14-18-22-27-32-37-42-47-54(2)3/h54-56H,6-53H2,1-5H3/t56-/m1/s1. The molecule has 0 N–H and O–H groups in total. The molecule has 0 aromatic carbocycles. The van der Waals surface area contributed by atoms with Crippen molar-refractivity contribution in [2.24, 2.45) is 11.8 Å². The van der Waals surface area contributed by atoms with Crippen LogP contribution in [-0.4, -0.2) is 37.2 Å². The lowest BCUT2D eigenvalue weighted by atomic mass is 10.0.